The summed E-state index contributed by atoms with van der Waals surface area (Å²) in [5.41, 5.74) is 12.5. The van der Waals surface area contributed by atoms with E-state index in [4.69, 9.17) is 20.4 Å². The third-order valence-corrected chi connectivity index (χ3v) is 14.0. The number of pyridine rings is 1. The number of ether oxygens (including phenoxy) is 1. The van der Waals surface area contributed by atoms with Crippen LogP contribution in [0, 0.1) is 16.2 Å². The standard InChI is InChI=1S/C46H55N7O4S/c1-29(2)52(6)18-19-57-46-25-43(4)22-44(5,26-46)24-45(23-43,27-46)28-48-30(3)34(20-47)32-14-15-38(50-39(32)41(55)56)53-17-16-31-10-9-11-33(35(31)21-53)40(54)51-42-49-36-12-7-8-13-37(36)58-42/h7-15,20H,1,16-19,21-28,47H2,2-6H3,(H,55,56)(H,49,51,54)/b34-20+,48-30?. The molecule has 2 unspecified atom stereocenters. The molecule has 4 aromatic rings. The molecule has 2 aromatic carbocycles. The lowest BCUT2D eigenvalue weighted by Crippen LogP contribution is -2.64. The molecular weight excluding hydrogens is 747 g/mol. The van der Waals surface area contributed by atoms with Gasteiger partial charge in [-0.15, -0.1) is 0 Å². The van der Waals surface area contributed by atoms with E-state index in [1.54, 1.807) is 6.07 Å². The zero-order chi connectivity index (χ0) is 41.0. The number of anilines is 2. The molecule has 304 valence electrons. The molecule has 0 saturated heterocycles. The van der Waals surface area contributed by atoms with Crippen molar-refractivity contribution >= 4 is 55.7 Å². The first-order chi connectivity index (χ1) is 27.6. The normalized spacial score (nSPS) is 26.5. The second kappa shape index (κ2) is 14.9. The number of aliphatic imine (C=N–C) groups is 1. The molecular formula is C46H55N7O4S. The van der Waals surface area contributed by atoms with Crippen molar-refractivity contribution in [2.45, 2.75) is 84.8 Å². The van der Waals surface area contributed by atoms with E-state index in [0.29, 0.717) is 66.0 Å². The number of carboxylic acids is 1. The Morgan fingerprint density at radius 3 is 2.48 bits per heavy atom. The number of para-hydroxylation sites is 1. The summed E-state index contributed by atoms with van der Waals surface area (Å²) in [6.07, 6.45) is 8.68. The first-order valence-electron chi connectivity index (χ1n) is 20.3. The number of fused-ring (bicyclic) bond motifs is 2. The molecule has 2 aromatic heterocycles. The van der Waals surface area contributed by atoms with E-state index in [1.807, 2.05) is 67.3 Å². The van der Waals surface area contributed by atoms with Gasteiger partial charge in [0.2, 0.25) is 0 Å². The van der Waals surface area contributed by atoms with Gasteiger partial charge in [0, 0.05) is 67.5 Å². The molecule has 4 saturated carbocycles. The van der Waals surface area contributed by atoms with Crippen LogP contribution in [0.15, 0.2) is 78.1 Å². The molecule has 4 bridgehead atoms. The number of aromatic nitrogens is 2. The number of nitrogens with two attached hydrogens (primary N) is 1. The maximum absolute atomic E-state index is 13.6. The highest BCUT2D eigenvalue weighted by molar-refractivity contribution is 7.22. The maximum atomic E-state index is 13.6. The summed E-state index contributed by atoms with van der Waals surface area (Å²) < 4.78 is 7.88. The van der Waals surface area contributed by atoms with Gasteiger partial charge >= 0.3 is 5.97 Å². The van der Waals surface area contributed by atoms with Crippen molar-refractivity contribution < 1.29 is 19.4 Å². The Morgan fingerprint density at radius 1 is 1.02 bits per heavy atom. The first kappa shape index (κ1) is 39.7. The average molecular weight is 802 g/mol. The average Bonchev–Trinajstić information content (AvgIpc) is 3.57. The van der Waals surface area contributed by atoms with E-state index in [2.05, 4.69) is 42.7 Å². The van der Waals surface area contributed by atoms with E-state index in [1.165, 1.54) is 24.0 Å². The van der Waals surface area contributed by atoms with Gasteiger partial charge < -0.3 is 25.4 Å². The third kappa shape index (κ3) is 7.64. The number of hydrogen-bond donors (Lipinski definition) is 3. The van der Waals surface area contributed by atoms with Crippen molar-refractivity contribution in [1.29, 1.82) is 0 Å². The van der Waals surface area contributed by atoms with Gasteiger partial charge in [-0.05, 0) is 116 Å². The number of rotatable bonds is 13. The van der Waals surface area contributed by atoms with Crippen LogP contribution in [0.3, 0.4) is 0 Å². The number of carbonyl (C=O) groups is 2. The van der Waals surface area contributed by atoms with Crippen LogP contribution < -0.4 is 16.0 Å². The fraction of sp³-hybridized carbons (Fsp3) is 0.457. The smallest absolute Gasteiger partial charge is 0.355 e. The number of thiazole rings is 1. The van der Waals surface area contributed by atoms with Crippen molar-refractivity contribution in [2.75, 3.05) is 43.5 Å². The maximum Gasteiger partial charge on any atom is 0.355 e. The van der Waals surface area contributed by atoms with Gasteiger partial charge in [0.15, 0.2) is 10.8 Å². The molecule has 4 N–H and O–H groups in total. The second-order valence-electron chi connectivity index (χ2n) is 18.3. The molecule has 4 fully saturated rings. The van der Waals surface area contributed by atoms with Gasteiger partial charge in [-0.1, -0.05) is 56.0 Å². The zero-order valence-electron chi connectivity index (χ0n) is 34.4. The summed E-state index contributed by atoms with van der Waals surface area (Å²) in [5.74, 6) is -0.852. The number of nitrogens with zero attached hydrogens (tertiary/aromatic N) is 5. The van der Waals surface area contributed by atoms with Gasteiger partial charge in [0.05, 0.1) is 22.4 Å². The highest BCUT2D eigenvalue weighted by Crippen LogP contribution is 2.71. The highest BCUT2D eigenvalue weighted by Gasteiger charge is 2.66. The van der Waals surface area contributed by atoms with E-state index in [-0.39, 0.29) is 33.4 Å². The number of allylic oxidation sites excluding steroid dienone is 2. The number of benzene rings is 2. The van der Waals surface area contributed by atoms with Crippen molar-refractivity contribution in [3.05, 3.63) is 101 Å². The summed E-state index contributed by atoms with van der Waals surface area (Å²) in [7, 11) is 2.06. The lowest BCUT2D eigenvalue weighted by atomic mass is 9.39. The lowest BCUT2D eigenvalue weighted by molar-refractivity contribution is -0.242. The van der Waals surface area contributed by atoms with Gasteiger partial charge in [0.25, 0.3) is 5.91 Å². The Kier molecular flexibility index (Phi) is 10.2. The predicted molar refractivity (Wildman–Crippen MR) is 233 cm³/mol. The molecule has 5 aliphatic rings. The summed E-state index contributed by atoms with van der Waals surface area (Å²) in [5, 5.41) is 14.1. The van der Waals surface area contributed by atoms with Gasteiger partial charge in [-0.2, -0.15) is 0 Å². The number of carbonyl (C=O) groups excluding carboxylic acids is 1. The number of likely N-dealkylation sites (N-methyl/N-ethyl adjacent to an activating group) is 1. The van der Waals surface area contributed by atoms with Crippen molar-refractivity contribution in [2.24, 2.45) is 27.0 Å². The Bertz CT molecular complexity index is 2320. The molecule has 12 heteroatoms. The molecule has 1 aliphatic heterocycles. The van der Waals surface area contributed by atoms with E-state index in [0.717, 1.165) is 65.7 Å². The molecule has 0 spiro atoms. The quantitative estimate of drug-likeness (QED) is 0.113. The molecule has 11 nitrogen and oxygen atoms in total. The number of amides is 1. The molecule has 9 rings (SSSR count). The summed E-state index contributed by atoms with van der Waals surface area (Å²) in [4.78, 5) is 45.2. The summed E-state index contributed by atoms with van der Waals surface area (Å²) >= 11 is 1.44. The number of hydrogen-bond acceptors (Lipinski definition) is 10. The minimum Gasteiger partial charge on any atom is -0.476 e. The van der Waals surface area contributed by atoms with Crippen LogP contribution in [0.1, 0.15) is 104 Å². The number of aromatic carboxylic acids is 1. The molecule has 0 radical (unpaired) electrons. The Hall–Kier alpha value is -5.07. The fourth-order valence-corrected chi connectivity index (χ4v) is 12.5. The third-order valence-electron chi connectivity index (χ3n) is 13.1. The molecule has 58 heavy (non-hydrogen) atoms. The van der Waals surface area contributed by atoms with Crippen molar-refractivity contribution in [3.8, 4) is 0 Å². The first-order valence-corrected chi connectivity index (χ1v) is 21.1. The number of carboxylic acid groups (broad SMARTS) is 1. The molecule has 2 atom stereocenters. The van der Waals surface area contributed by atoms with Gasteiger partial charge in [-0.3, -0.25) is 15.1 Å². The molecule has 3 heterocycles. The molecule has 4 aliphatic carbocycles. The van der Waals surface area contributed by atoms with Crippen LogP contribution in [0.25, 0.3) is 15.8 Å². The van der Waals surface area contributed by atoms with Gasteiger partial charge in [0.1, 0.15) is 5.82 Å². The van der Waals surface area contributed by atoms with Gasteiger partial charge in [-0.25, -0.2) is 14.8 Å². The fourth-order valence-electron chi connectivity index (χ4n) is 11.6. The Labute approximate surface area is 345 Å². The van der Waals surface area contributed by atoms with Crippen molar-refractivity contribution in [3.63, 3.8) is 0 Å². The summed E-state index contributed by atoms with van der Waals surface area (Å²) in [6.45, 7) is 16.0. The van der Waals surface area contributed by atoms with Crippen LogP contribution in [0.2, 0.25) is 0 Å². The van der Waals surface area contributed by atoms with E-state index >= 15 is 0 Å². The number of nitrogens with one attached hydrogen (secondary N) is 1. The minimum absolute atomic E-state index is 0.00803. The van der Waals surface area contributed by atoms with Crippen molar-refractivity contribution in [1.82, 2.24) is 14.9 Å². The Balaban J connectivity index is 1.01. The minimum atomic E-state index is -1.14. The monoisotopic (exact) mass is 801 g/mol. The van der Waals surface area contributed by atoms with Crippen LogP contribution in [-0.2, 0) is 17.7 Å². The van der Waals surface area contributed by atoms with Crippen LogP contribution >= 0.6 is 11.3 Å². The second-order valence-corrected chi connectivity index (χ2v) is 19.3. The van der Waals surface area contributed by atoms with E-state index in [9.17, 15) is 14.7 Å². The highest BCUT2D eigenvalue weighted by atomic mass is 32.1. The van der Waals surface area contributed by atoms with Crippen LogP contribution in [0.5, 0.6) is 0 Å². The van der Waals surface area contributed by atoms with E-state index < -0.39 is 5.97 Å². The summed E-state index contributed by atoms with van der Waals surface area (Å²) in [6, 6.07) is 17.2. The zero-order valence-corrected chi connectivity index (χ0v) is 35.2. The van der Waals surface area contributed by atoms with Crippen LogP contribution in [-0.4, -0.2) is 76.5 Å². The SMILES string of the molecule is C=C(C)N(C)CCOC12CC3(C)CC(C)(CC(CN=C(C)/C(=C\N)c4ccc(N5CCc6cccc(C(=O)Nc7nc8ccccc8s7)c6C5)nc4C(=O)O)(C3)C1)C2. The molecule has 1 amide bonds. The van der Waals surface area contributed by atoms with Crippen LogP contribution in [0.4, 0.5) is 10.9 Å². The Morgan fingerprint density at radius 2 is 1.78 bits per heavy atom. The largest absolute Gasteiger partial charge is 0.476 e. The lowest BCUT2D eigenvalue weighted by Gasteiger charge is -2.69. The topological polar surface area (TPSA) is 146 Å². The predicted octanol–water partition coefficient (Wildman–Crippen LogP) is 8.57.